The number of ether oxygens (including phenoxy) is 1. The molecule has 1 aromatic heterocycles. The van der Waals surface area contributed by atoms with Crippen molar-refractivity contribution in [3.8, 4) is 0 Å². The average molecular weight is 267 g/mol. The predicted molar refractivity (Wildman–Crippen MR) is 69.2 cm³/mol. The molecule has 0 saturated carbocycles. The van der Waals surface area contributed by atoms with Crippen LogP contribution in [0.4, 0.5) is 11.5 Å². The van der Waals surface area contributed by atoms with E-state index < -0.39 is 4.92 Å². The highest BCUT2D eigenvalue weighted by molar-refractivity contribution is 5.43. The molecule has 0 unspecified atom stereocenters. The number of nitrogens with zero attached hydrogens (tertiary/aromatic N) is 3. The van der Waals surface area contributed by atoms with Crippen molar-refractivity contribution in [2.75, 3.05) is 31.2 Å². The topological polar surface area (TPSA) is 88.7 Å². The molecule has 0 radical (unpaired) electrons. The summed E-state index contributed by atoms with van der Waals surface area (Å²) in [5.41, 5.74) is 0.00455. The van der Waals surface area contributed by atoms with Crippen molar-refractivity contribution in [1.29, 1.82) is 0 Å². The van der Waals surface area contributed by atoms with Crippen LogP contribution in [0.2, 0.25) is 0 Å². The highest BCUT2D eigenvalue weighted by Gasteiger charge is 2.20. The van der Waals surface area contributed by atoms with Gasteiger partial charge in [-0.25, -0.2) is 4.98 Å². The third-order valence-corrected chi connectivity index (χ3v) is 3.15. The van der Waals surface area contributed by atoms with Crippen LogP contribution in [0.1, 0.15) is 12.8 Å². The van der Waals surface area contributed by atoms with Gasteiger partial charge in [0.2, 0.25) is 0 Å². The third-order valence-electron chi connectivity index (χ3n) is 3.15. The Balaban J connectivity index is 1.88. The predicted octanol–water partition coefficient (Wildman–Crippen LogP) is 0.968. The van der Waals surface area contributed by atoms with E-state index in [2.05, 4.69) is 9.88 Å². The molecule has 1 aromatic rings. The Morgan fingerprint density at radius 3 is 2.74 bits per heavy atom. The van der Waals surface area contributed by atoms with Gasteiger partial charge in [0.15, 0.2) is 0 Å². The summed E-state index contributed by atoms with van der Waals surface area (Å²) < 4.78 is 5.48. The van der Waals surface area contributed by atoms with Gasteiger partial charge in [0, 0.05) is 19.2 Å². The average Bonchev–Trinajstić information content (AvgIpc) is 2.46. The molecule has 0 atom stereocenters. The van der Waals surface area contributed by atoms with Crippen LogP contribution in [-0.2, 0) is 4.74 Å². The lowest BCUT2D eigenvalue weighted by Crippen LogP contribution is -2.37. The number of hydrogen-bond acceptors (Lipinski definition) is 6. The Morgan fingerprint density at radius 1 is 1.47 bits per heavy atom. The van der Waals surface area contributed by atoms with E-state index in [1.807, 2.05) is 0 Å². The molecule has 0 aliphatic carbocycles. The van der Waals surface area contributed by atoms with E-state index in [0.717, 1.165) is 31.7 Å². The van der Waals surface area contributed by atoms with Crippen molar-refractivity contribution in [1.82, 2.24) is 4.98 Å². The van der Waals surface area contributed by atoms with E-state index in [9.17, 15) is 10.1 Å². The minimum Gasteiger partial charge on any atom is -0.394 e. The van der Waals surface area contributed by atoms with Gasteiger partial charge in [-0.05, 0) is 18.9 Å². The first-order valence-electron chi connectivity index (χ1n) is 6.28. The SMILES string of the molecule is O=[N+]([O-])c1ccc(N2CCC(OCCO)CC2)nc1. The first-order valence-corrected chi connectivity index (χ1v) is 6.28. The number of rotatable bonds is 5. The maximum atomic E-state index is 10.5. The number of pyridine rings is 1. The molecule has 19 heavy (non-hydrogen) atoms. The van der Waals surface area contributed by atoms with E-state index in [1.54, 1.807) is 6.07 Å². The van der Waals surface area contributed by atoms with Gasteiger partial charge in [0.05, 0.1) is 24.2 Å². The Hall–Kier alpha value is -1.73. The molecule has 0 bridgehead atoms. The van der Waals surface area contributed by atoms with Gasteiger partial charge in [-0.1, -0.05) is 0 Å². The number of aliphatic hydroxyl groups is 1. The molecule has 104 valence electrons. The third kappa shape index (κ3) is 3.62. The van der Waals surface area contributed by atoms with Crippen molar-refractivity contribution in [3.63, 3.8) is 0 Å². The molecule has 7 nitrogen and oxygen atoms in total. The molecule has 1 fully saturated rings. The minimum atomic E-state index is -0.453. The second kappa shape index (κ2) is 6.44. The van der Waals surface area contributed by atoms with E-state index in [0.29, 0.717) is 6.61 Å². The highest BCUT2D eigenvalue weighted by Crippen LogP contribution is 2.21. The first kappa shape index (κ1) is 13.7. The summed E-state index contributed by atoms with van der Waals surface area (Å²) in [7, 11) is 0. The molecular weight excluding hydrogens is 250 g/mol. The highest BCUT2D eigenvalue weighted by atomic mass is 16.6. The van der Waals surface area contributed by atoms with Crippen LogP contribution in [0, 0.1) is 10.1 Å². The number of anilines is 1. The van der Waals surface area contributed by atoms with E-state index in [-0.39, 0.29) is 18.4 Å². The lowest BCUT2D eigenvalue weighted by molar-refractivity contribution is -0.385. The summed E-state index contributed by atoms with van der Waals surface area (Å²) in [4.78, 5) is 16.3. The quantitative estimate of drug-likeness (QED) is 0.631. The number of aliphatic hydroxyl groups excluding tert-OH is 1. The Morgan fingerprint density at radius 2 is 2.21 bits per heavy atom. The van der Waals surface area contributed by atoms with Gasteiger partial charge in [-0.15, -0.1) is 0 Å². The van der Waals surface area contributed by atoms with Crippen LogP contribution in [0.5, 0.6) is 0 Å². The van der Waals surface area contributed by atoms with Crippen LogP contribution in [0.25, 0.3) is 0 Å². The zero-order valence-corrected chi connectivity index (χ0v) is 10.6. The summed E-state index contributed by atoms with van der Waals surface area (Å²) in [5, 5.41) is 19.2. The van der Waals surface area contributed by atoms with Crippen molar-refractivity contribution < 1.29 is 14.8 Å². The van der Waals surface area contributed by atoms with E-state index in [1.165, 1.54) is 12.3 Å². The normalized spacial score (nSPS) is 16.6. The zero-order chi connectivity index (χ0) is 13.7. The van der Waals surface area contributed by atoms with E-state index in [4.69, 9.17) is 9.84 Å². The summed E-state index contributed by atoms with van der Waals surface area (Å²) in [6, 6.07) is 3.14. The largest absolute Gasteiger partial charge is 0.394 e. The van der Waals surface area contributed by atoms with Crippen LogP contribution >= 0.6 is 0 Å². The molecule has 0 aromatic carbocycles. The van der Waals surface area contributed by atoms with Crippen molar-refractivity contribution >= 4 is 11.5 Å². The number of piperidine rings is 1. The maximum Gasteiger partial charge on any atom is 0.287 e. The monoisotopic (exact) mass is 267 g/mol. The summed E-state index contributed by atoms with van der Waals surface area (Å²) in [6.07, 6.45) is 3.21. The number of nitro groups is 1. The maximum absolute atomic E-state index is 10.5. The van der Waals surface area contributed by atoms with Crippen molar-refractivity contribution in [3.05, 3.63) is 28.4 Å². The smallest absolute Gasteiger partial charge is 0.287 e. The second-order valence-corrected chi connectivity index (χ2v) is 4.41. The Bertz CT molecular complexity index is 415. The molecule has 1 aliphatic heterocycles. The number of hydrogen-bond donors (Lipinski definition) is 1. The van der Waals surface area contributed by atoms with Gasteiger partial charge >= 0.3 is 0 Å². The van der Waals surface area contributed by atoms with Crippen LogP contribution in [0.3, 0.4) is 0 Å². The number of aromatic nitrogens is 1. The second-order valence-electron chi connectivity index (χ2n) is 4.41. The van der Waals surface area contributed by atoms with Crippen LogP contribution < -0.4 is 4.90 Å². The van der Waals surface area contributed by atoms with Crippen LogP contribution in [0.15, 0.2) is 18.3 Å². The molecule has 1 saturated heterocycles. The summed E-state index contributed by atoms with van der Waals surface area (Å²) in [5.74, 6) is 0.756. The summed E-state index contributed by atoms with van der Waals surface area (Å²) >= 11 is 0. The molecule has 7 heteroatoms. The van der Waals surface area contributed by atoms with Gasteiger partial charge in [0.25, 0.3) is 5.69 Å². The molecule has 0 amide bonds. The molecule has 1 N–H and O–H groups in total. The Kier molecular flexibility index (Phi) is 4.64. The minimum absolute atomic E-state index is 0.00455. The molecular formula is C12H17N3O4. The fourth-order valence-electron chi connectivity index (χ4n) is 2.14. The molecule has 1 aliphatic rings. The fourth-order valence-corrected chi connectivity index (χ4v) is 2.14. The molecule has 0 spiro atoms. The van der Waals surface area contributed by atoms with Gasteiger partial charge in [-0.2, -0.15) is 0 Å². The fraction of sp³-hybridized carbons (Fsp3) is 0.583. The Labute approximate surface area is 111 Å². The van der Waals surface area contributed by atoms with Gasteiger partial charge in [0.1, 0.15) is 12.0 Å². The molecule has 2 heterocycles. The van der Waals surface area contributed by atoms with Gasteiger partial charge in [-0.3, -0.25) is 10.1 Å². The lowest BCUT2D eigenvalue weighted by Gasteiger charge is -2.32. The standard InChI is InChI=1S/C12H17N3O4/c16-7-8-19-11-3-5-14(6-4-11)12-2-1-10(9-13-12)15(17)18/h1-2,9,11,16H,3-8H2. The van der Waals surface area contributed by atoms with Crippen molar-refractivity contribution in [2.45, 2.75) is 18.9 Å². The first-order chi connectivity index (χ1) is 9.20. The zero-order valence-electron chi connectivity index (χ0n) is 10.6. The van der Waals surface area contributed by atoms with Crippen LogP contribution in [-0.4, -0.2) is 47.4 Å². The molecule has 2 rings (SSSR count). The van der Waals surface area contributed by atoms with Gasteiger partial charge < -0.3 is 14.7 Å². The summed E-state index contributed by atoms with van der Waals surface area (Å²) in [6.45, 7) is 2.03. The van der Waals surface area contributed by atoms with Crippen molar-refractivity contribution in [2.24, 2.45) is 0 Å². The lowest BCUT2D eigenvalue weighted by atomic mass is 10.1. The van der Waals surface area contributed by atoms with E-state index >= 15 is 0 Å².